The minimum absolute atomic E-state index is 0.0745. The van der Waals surface area contributed by atoms with Crippen molar-refractivity contribution in [1.29, 1.82) is 0 Å². The maximum atomic E-state index is 13.8. The molecule has 1 aromatic carbocycles. The SMILES string of the molecule is COc1ccc2c(c1)[C@@H](NC(=O)C(F)(F)F)C(F)(F)C2=O. The molecule has 0 radical (unpaired) electrons. The molecule has 0 unspecified atom stereocenters. The average molecular weight is 309 g/mol. The number of hydrogen-bond acceptors (Lipinski definition) is 3. The van der Waals surface area contributed by atoms with Gasteiger partial charge in [0.2, 0.25) is 5.78 Å². The van der Waals surface area contributed by atoms with Crippen molar-refractivity contribution in [2.45, 2.75) is 18.1 Å². The van der Waals surface area contributed by atoms with Gasteiger partial charge in [-0.2, -0.15) is 22.0 Å². The highest BCUT2D eigenvalue weighted by Gasteiger charge is 2.57. The summed E-state index contributed by atoms with van der Waals surface area (Å²) in [7, 11) is 1.22. The van der Waals surface area contributed by atoms with Gasteiger partial charge in [-0.15, -0.1) is 0 Å². The lowest BCUT2D eigenvalue weighted by Crippen LogP contribution is -2.45. The summed E-state index contributed by atoms with van der Waals surface area (Å²) >= 11 is 0. The Hall–Kier alpha value is -2.19. The van der Waals surface area contributed by atoms with E-state index in [1.165, 1.54) is 13.2 Å². The molecule has 2 rings (SSSR count). The van der Waals surface area contributed by atoms with Gasteiger partial charge in [0.1, 0.15) is 11.8 Å². The van der Waals surface area contributed by atoms with Gasteiger partial charge in [0, 0.05) is 5.56 Å². The molecule has 0 aromatic heterocycles. The van der Waals surface area contributed by atoms with Gasteiger partial charge in [0.15, 0.2) is 0 Å². The van der Waals surface area contributed by atoms with Crippen LogP contribution in [0.1, 0.15) is 22.0 Å². The summed E-state index contributed by atoms with van der Waals surface area (Å²) in [6.07, 6.45) is -5.33. The minimum Gasteiger partial charge on any atom is -0.497 e. The van der Waals surface area contributed by atoms with Crippen LogP contribution in [0.25, 0.3) is 0 Å². The van der Waals surface area contributed by atoms with Crippen LogP contribution >= 0.6 is 0 Å². The van der Waals surface area contributed by atoms with E-state index in [9.17, 15) is 31.5 Å². The summed E-state index contributed by atoms with van der Waals surface area (Å²) in [6, 6.07) is 0.852. The lowest BCUT2D eigenvalue weighted by atomic mass is 10.1. The second-order valence-electron chi connectivity index (χ2n) is 4.31. The fourth-order valence-corrected chi connectivity index (χ4v) is 2.00. The number of rotatable bonds is 2. The third-order valence-corrected chi connectivity index (χ3v) is 3.01. The molecule has 4 nitrogen and oxygen atoms in total. The molecular formula is C12H8F5NO3. The maximum Gasteiger partial charge on any atom is 0.471 e. The highest BCUT2D eigenvalue weighted by atomic mass is 19.4. The van der Waals surface area contributed by atoms with Crippen molar-refractivity contribution in [3.8, 4) is 5.75 Å². The van der Waals surface area contributed by atoms with Crippen molar-refractivity contribution in [3.05, 3.63) is 29.3 Å². The van der Waals surface area contributed by atoms with Crippen molar-refractivity contribution in [2.75, 3.05) is 7.11 Å². The largest absolute Gasteiger partial charge is 0.497 e. The third kappa shape index (κ3) is 2.43. The van der Waals surface area contributed by atoms with Gasteiger partial charge in [0.25, 0.3) is 0 Å². The quantitative estimate of drug-likeness (QED) is 0.853. The van der Waals surface area contributed by atoms with E-state index in [4.69, 9.17) is 4.74 Å². The van der Waals surface area contributed by atoms with Crippen molar-refractivity contribution >= 4 is 11.7 Å². The first-order valence-electron chi connectivity index (χ1n) is 5.57. The maximum absolute atomic E-state index is 13.8. The Labute approximate surface area is 114 Å². The Bertz CT molecular complexity index is 611. The molecular weight excluding hydrogens is 301 g/mol. The van der Waals surface area contributed by atoms with Crippen LogP contribution in [0.3, 0.4) is 0 Å². The molecule has 21 heavy (non-hydrogen) atoms. The van der Waals surface area contributed by atoms with Crippen LogP contribution in [-0.4, -0.2) is 30.9 Å². The Balaban J connectivity index is 2.46. The molecule has 1 aromatic rings. The number of hydrogen-bond donors (Lipinski definition) is 1. The molecule has 0 fully saturated rings. The van der Waals surface area contributed by atoms with Crippen LogP contribution in [0.4, 0.5) is 22.0 Å². The van der Waals surface area contributed by atoms with Crippen LogP contribution in [-0.2, 0) is 4.79 Å². The van der Waals surface area contributed by atoms with E-state index in [1.54, 1.807) is 0 Å². The fraction of sp³-hybridized carbons (Fsp3) is 0.333. The predicted molar refractivity (Wildman–Crippen MR) is 59.2 cm³/mol. The van der Waals surface area contributed by atoms with Crippen LogP contribution in [0, 0.1) is 0 Å². The molecule has 0 saturated carbocycles. The number of methoxy groups -OCH3 is 1. The number of alkyl halides is 5. The molecule has 0 bridgehead atoms. The molecule has 1 aliphatic rings. The van der Waals surface area contributed by atoms with E-state index in [-0.39, 0.29) is 5.75 Å². The van der Waals surface area contributed by atoms with Gasteiger partial charge in [-0.3, -0.25) is 9.59 Å². The Kier molecular flexibility index (Phi) is 3.38. The summed E-state index contributed by atoms with van der Waals surface area (Å²) in [4.78, 5) is 22.4. The first kappa shape index (κ1) is 15.2. The van der Waals surface area contributed by atoms with E-state index in [2.05, 4.69) is 0 Å². The Morgan fingerprint density at radius 2 is 1.95 bits per heavy atom. The molecule has 9 heteroatoms. The lowest BCUT2D eigenvalue weighted by molar-refractivity contribution is -0.176. The summed E-state index contributed by atoms with van der Waals surface area (Å²) < 4.78 is 69.0. The first-order valence-corrected chi connectivity index (χ1v) is 5.57. The van der Waals surface area contributed by atoms with E-state index in [0.29, 0.717) is 0 Å². The van der Waals surface area contributed by atoms with Crippen LogP contribution in [0.2, 0.25) is 0 Å². The topological polar surface area (TPSA) is 55.4 Å². The Morgan fingerprint density at radius 3 is 2.48 bits per heavy atom. The molecule has 1 N–H and O–H groups in total. The zero-order chi connectivity index (χ0) is 16.0. The predicted octanol–water partition coefficient (Wildman–Crippen LogP) is 2.25. The van der Waals surface area contributed by atoms with Gasteiger partial charge in [-0.1, -0.05) is 0 Å². The first-order chi connectivity index (χ1) is 9.59. The summed E-state index contributed by atoms with van der Waals surface area (Å²) in [5, 5.41) is 1.16. The second-order valence-corrected chi connectivity index (χ2v) is 4.31. The number of fused-ring (bicyclic) bond motifs is 1. The smallest absolute Gasteiger partial charge is 0.471 e. The van der Waals surface area contributed by atoms with Crippen LogP contribution < -0.4 is 10.1 Å². The number of Topliss-reactive ketones (excluding diaryl/α,β-unsaturated/α-hetero) is 1. The van der Waals surface area contributed by atoms with Crippen molar-refractivity contribution in [1.82, 2.24) is 5.32 Å². The van der Waals surface area contributed by atoms with Crippen LogP contribution in [0.5, 0.6) is 5.75 Å². The van der Waals surface area contributed by atoms with Crippen molar-refractivity contribution in [3.63, 3.8) is 0 Å². The molecule has 114 valence electrons. The number of nitrogens with one attached hydrogen (secondary N) is 1. The molecule has 1 atom stereocenters. The molecule has 0 saturated heterocycles. The number of carbonyl (C=O) groups excluding carboxylic acids is 2. The highest BCUT2D eigenvalue weighted by molar-refractivity contribution is 6.07. The number of ketones is 1. The van der Waals surface area contributed by atoms with E-state index in [1.807, 2.05) is 0 Å². The van der Waals surface area contributed by atoms with E-state index >= 15 is 0 Å². The summed E-state index contributed by atoms with van der Waals surface area (Å²) in [6.45, 7) is 0. The summed E-state index contributed by atoms with van der Waals surface area (Å²) in [5.41, 5.74) is -0.866. The fourth-order valence-electron chi connectivity index (χ4n) is 2.00. The lowest BCUT2D eigenvalue weighted by Gasteiger charge is -2.20. The molecule has 1 amide bonds. The highest BCUT2D eigenvalue weighted by Crippen LogP contribution is 2.44. The Morgan fingerprint density at radius 1 is 1.33 bits per heavy atom. The van der Waals surface area contributed by atoms with Crippen LogP contribution in [0.15, 0.2) is 18.2 Å². The number of carbonyl (C=O) groups is 2. The number of amides is 1. The number of halogens is 5. The monoisotopic (exact) mass is 309 g/mol. The van der Waals surface area contributed by atoms with Gasteiger partial charge < -0.3 is 10.1 Å². The molecule has 1 aliphatic carbocycles. The second kappa shape index (κ2) is 4.68. The number of ether oxygens (including phenoxy) is 1. The van der Waals surface area contributed by atoms with Gasteiger partial charge in [-0.05, 0) is 23.8 Å². The standard InChI is InChI=1S/C12H8F5NO3/c1-21-5-2-3-6-7(4-5)8(11(13,14)9(6)19)18-10(20)12(15,16)17/h2-4,8H,1H3,(H,18,20)/t8-/m1/s1. The van der Waals surface area contributed by atoms with E-state index < -0.39 is 41.0 Å². The van der Waals surface area contributed by atoms with Gasteiger partial charge in [-0.25, -0.2) is 0 Å². The molecule has 0 heterocycles. The van der Waals surface area contributed by atoms with E-state index in [0.717, 1.165) is 17.4 Å². The van der Waals surface area contributed by atoms with Gasteiger partial charge in [0.05, 0.1) is 7.11 Å². The minimum atomic E-state index is -5.33. The van der Waals surface area contributed by atoms with Crippen molar-refractivity contribution in [2.24, 2.45) is 0 Å². The zero-order valence-electron chi connectivity index (χ0n) is 10.4. The normalized spacial score (nSPS) is 20.1. The zero-order valence-corrected chi connectivity index (χ0v) is 10.4. The van der Waals surface area contributed by atoms with Crippen molar-refractivity contribution < 1.29 is 36.3 Å². The molecule has 0 spiro atoms. The van der Waals surface area contributed by atoms with Gasteiger partial charge >= 0.3 is 18.0 Å². The average Bonchev–Trinajstić information content (AvgIpc) is 2.58. The summed E-state index contributed by atoms with van der Waals surface area (Å²) in [5.74, 6) is -8.27. The third-order valence-electron chi connectivity index (χ3n) is 3.01. The molecule has 0 aliphatic heterocycles. The number of benzene rings is 1.